The number of halogens is 1. The standard InChI is InChI=1S/C13H17N3O5S.ClH/c1-21-11(17)8-15-22(19,20)10-4-2-3-9(7-10)16-12(18)13(14)5-6-13;/h2-4,7,15H,5-6,8,14H2,1H3,(H,16,18);1H. The highest BCUT2D eigenvalue weighted by atomic mass is 35.5. The number of carbonyl (C=O) groups excluding carboxylic acids is 2. The van der Waals surface area contributed by atoms with Crippen LogP contribution in [0.15, 0.2) is 29.2 Å². The Labute approximate surface area is 140 Å². The molecule has 0 saturated heterocycles. The van der Waals surface area contributed by atoms with Gasteiger partial charge < -0.3 is 15.8 Å². The molecule has 0 aliphatic heterocycles. The van der Waals surface area contributed by atoms with Gasteiger partial charge in [-0.15, -0.1) is 12.4 Å². The van der Waals surface area contributed by atoms with Crippen LogP contribution >= 0.6 is 12.4 Å². The highest BCUT2D eigenvalue weighted by Gasteiger charge is 2.45. The van der Waals surface area contributed by atoms with Gasteiger partial charge in [-0.2, -0.15) is 4.72 Å². The number of carbonyl (C=O) groups is 2. The molecule has 8 nitrogen and oxygen atoms in total. The lowest BCUT2D eigenvalue weighted by Gasteiger charge is -2.11. The molecule has 4 N–H and O–H groups in total. The normalized spacial score (nSPS) is 15.2. The molecule has 128 valence electrons. The Kier molecular flexibility index (Phi) is 6.11. The fraction of sp³-hybridized carbons (Fsp3) is 0.385. The van der Waals surface area contributed by atoms with Gasteiger partial charge in [-0.1, -0.05) is 6.07 Å². The summed E-state index contributed by atoms with van der Waals surface area (Å²) in [6, 6.07) is 5.69. The monoisotopic (exact) mass is 363 g/mol. The van der Waals surface area contributed by atoms with Crippen LogP contribution in [0.5, 0.6) is 0 Å². The fourth-order valence-corrected chi connectivity index (χ4v) is 2.68. The van der Waals surface area contributed by atoms with Crippen molar-refractivity contribution in [3.05, 3.63) is 24.3 Å². The molecule has 0 heterocycles. The third-order valence-electron chi connectivity index (χ3n) is 3.28. The predicted octanol–water partition coefficient (Wildman–Crippen LogP) is -0.0105. The van der Waals surface area contributed by atoms with Gasteiger partial charge >= 0.3 is 5.97 Å². The first kappa shape index (κ1) is 19.4. The molecular formula is C13H18ClN3O5S. The molecule has 1 aromatic rings. The third kappa shape index (κ3) is 4.90. The summed E-state index contributed by atoms with van der Waals surface area (Å²) in [4.78, 5) is 22.8. The quantitative estimate of drug-likeness (QED) is 0.610. The maximum absolute atomic E-state index is 12.0. The van der Waals surface area contributed by atoms with E-state index >= 15 is 0 Å². The number of sulfonamides is 1. The predicted molar refractivity (Wildman–Crippen MR) is 85.7 cm³/mol. The second kappa shape index (κ2) is 7.26. The molecule has 1 aliphatic rings. The SMILES string of the molecule is COC(=O)CNS(=O)(=O)c1cccc(NC(=O)C2(N)CC2)c1.Cl. The van der Waals surface area contributed by atoms with E-state index in [2.05, 4.69) is 14.8 Å². The van der Waals surface area contributed by atoms with Crippen molar-refractivity contribution in [1.82, 2.24) is 4.72 Å². The zero-order valence-electron chi connectivity index (χ0n) is 12.4. The van der Waals surface area contributed by atoms with Crippen LogP contribution in [0.4, 0.5) is 5.69 Å². The van der Waals surface area contributed by atoms with Crippen molar-refractivity contribution in [2.45, 2.75) is 23.3 Å². The minimum atomic E-state index is -3.88. The number of hydrogen-bond donors (Lipinski definition) is 3. The third-order valence-corrected chi connectivity index (χ3v) is 4.68. The van der Waals surface area contributed by atoms with Gasteiger partial charge in [-0.3, -0.25) is 9.59 Å². The summed E-state index contributed by atoms with van der Waals surface area (Å²) in [6.07, 6.45) is 1.22. The van der Waals surface area contributed by atoms with Gasteiger partial charge in [0, 0.05) is 5.69 Å². The summed E-state index contributed by atoms with van der Waals surface area (Å²) in [7, 11) is -2.72. The minimum absolute atomic E-state index is 0. The fourth-order valence-electron chi connectivity index (χ4n) is 1.67. The van der Waals surface area contributed by atoms with Crippen LogP contribution in [0.2, 0.25) is 0 Å². The number of esters is 1. The molecule has 2 rings (SSSR count). The summed E-state index contributed by atoms with van der Waals surface area (Å²) in [5, 5.41) is 2.59. The van der Waals surface area contributed by atoms with Crippen LogP contribution in [-0.2, 0) is 24.3 Å². The molecule has 0 radical (unpaired) electrons. The Morgan fingerprint density at radius 3 is 2.57 bits per heavy atom. The Hall–Kier alpha value is -1.68. The summed E-state index contributed by atoms with van der Waals surface area (Å²) in [5.41, 5.74) is 5.24. The first-order valence-electron chi connectivity index (χ1n) is 6.54. The second-order valence-corrected chi connectivity index (χ2v) is 6.81. The molecular weight excluding hydrogens is 346 g/mol. The molecule has 1 amide bonds. The van der Waals surface area contributed by atoms with Gasteiger partial charge in [0.2, 0.25) is 15.9 Å². The highest BCUT2D eigenvalue weighted by Crippen LogP contribution is 2.33. The summed E-state index contributed by atoms with van der Waals surface area (Å²) in [6.45, 7) is -0.471. The molecule has 1 aromatic carbocycles. The van der Waals surface area contributed by atoms with E-state index in [1.165, 1.54) is 18.2 Å². The number of methoxy groups -OCH3 is 1. The lowest BCUT2D eigenvalue weighted by atomic mass is 10.2. The maximum Gasteiger partial charge on any atom is 0.320 e. The average molecular weight is 364 g/mol. The van der Waals surface area contributed by atoms with E-state index < -0.39 is 28.1 Å². The molecule has 0 aromatic heterocycles. The van der Waals surface area contributed by atoms with Crippen LogP contribution in [0, 0.1) is 0 Å². The molecule has 0 unspecified atom stereocenters. The van der Waals surface area contributed by atoms with Gasteiger partial charge in [0.1, 0.15) is 6.54 Å². The minimum Gasteiger partial charge on any atom is -0.468 e. The van der Waals surface area contributed by atoms with Crippen LogP contribution in [-0.4, -0.2) is 39.5 Å². The van der Waals surface area contributed by atoms with E-state index in [1.807, 2.05) is 0 Å². The van der Waals surface area contributed by atoms with Crippen molar-refractivity contribution in [2.24, 2.45) is 5.73 Å². The summed E-state index contributed by atoms with van der Waals surface area (Å²) >= 11 is 0. The van der Waals surface area contributed by atoms with Crippen molar-refractivity contribution >= 4 is 40.0 Å². The van der Waals surface area contributed by atoms with Crippen molar-refractivity contribution in [1.29, 1.82) is 0 Å². The van der Waals surface area contributed by atoms with Gasteiger partial charge in [-0.25, -0.2) is 8.42 Å². The van der Waals surface area contributed by atoms with Crippen LogP contribution < -0.4 is 15.8 Å². The van der Waals surface area contributed by atoms with E-state index in [-0.39, 0.29) is 23.2 Å². The zero-order chi connectivity index (χ0) is 16.4. The number of hydrogen-bond acceptors (Lipinski definition) is 6. The molecule has 1 saturated carbocycles. The summed E-state index contributed by atoms with van der Waals surface area (Å²) < 4.78 is 30.6. The smallest absolute Gasteiger partial charge is 0.320 e. The Morgan fingerprint density at radius 2 is 2.00 bits per heavy atom. The van der Waals surface area contributed by atoms with E-state index in [9.17, 15) is 18.0 Å². The molecule has 0 bridgehead atoms. The van der Waals surface area contributed by atoms with Crippen molar-refractivity contribution in [2.75, 3.05) is 19.0 Å². The van der Waals surface area contributed by atoms with E-state index in [0.29, 0.717) is 18.5 Å². The number of anilines is 1. The van der Waals surface area contributed by atoms with Crippen molar-refractivity contribution in [3.63, 3.8) is 0 Å². The van der Waals surface area contributed by atoms with Crippen molar-refractivity contribution < 1.29 is 22.7 Å². The molecule has 1 aliphatic carbocycles. The lowest BCUT2D eigenvalue weighted by molar-refractivity contribution is -0.139. The molecule has 1 fully saturated rings. The number of benzene rings is 1. The molecule has 23 heavy (non-hydrogen) atoms. The number of nitrogens with one attached hydrogen (secondary N) is 2. The van der Waals surface area contributed by atoms with Crippen LogP contribution in [0.1, 0.15) is 12.8 Å². The van der Waals surface area contributed by atoms with Gasteiger partial charge in [-0.05, 0) is 31.0 Å². The Bertz CT molecular complexity index is 703. The van der Waals surface area contributed by atoms with Gasteiger partial charge in [0.05, 0.1) is 17.5 Å². The van der Waals surface area contributed by atoms with Crippen molar-refractivity contribution in [3.8, 4) is 0 Å². The van der Waals surface area contributed by atoms with Crippen LogP contribution in [0.25, 0.3) is 0 Å². The largest absolute Gasteiger partial charge is 0.468 e. The molecule has 0 spiro atoms. The van der Waals surface area contributed by atoms with E-state index in [0.717, 1.165) is 7.11 Å². The number of rotatable bonds is 6. The first-order chi connectivity index (χ1) is 10.3. The Morgan fingerprint density at radius 1 is 1.35 bits per heavy atom. The lowest BCUT2D eigenvalue weighted by Crippen LogP contribution is -2.37. The average Bonchev–Trinajstić information content (AvgIpc) is 3.24. The molecule has 10 heteroatoms. The topological polar surface area (TPSA) is 128 Å². The number of nitrogens with two attached hydrogens (primary N) is 1. The van der Waals surface area contributed by atoms with E-state index in [1.54, 1.807) is 6.07 Å². The van der Waals surface area contributed by atoms with E-state index in [4.69, 9.17) is 5.73 Å². The first-order valence-corrected chi connectivity index (χ1v) is 8.02. The molecule has 0 atom stereocenters. The number of amides is 1. The number of ether oxygens (including phenoxy) is 1. The highest BCUT2D eigenvalue weighted by molar-refractivity contribution is 7.89. The Balaban J connectivity index is 0.00000264. The summed E-state index contributed by atoms with van der Waals surface area (Å²) in [5.74, 6) is -1.04. The van der Waals surface area contributed by atoms with Gasteiger partial charge in [0.15, 0.2) is 0 Å². The second-order valence-electron chi connectivity index (χ2n) is 5.04. The maximum atomic E-state index is 12.0. The van der Waals surface area contributed by atoms with Gasteiger partial charge in [0.25, 0.3) is 0 Å². The van der Waals surface area contributed by atoms with Crippen LogP contribution in [0.3, 0.4) is 0 Å². The zero-order valence-corrected chi connectivity index (χ0v) is 14.0.